The molecule has 0 fully saturated rings. The Hall–Kier alpha value is -1.40. The van der Waals surface area contributed by atoms with Crippen molar-refractivity contribution in [2.75, 3.05) is 12.3 Å². The zero-order chi connectivity index (χ0) is 12.6. The minimum absolute atomic E-state index is 0.0448. The van der Waals surface area contributed by atoms with E-state index in [1.165, 1.54) is 0 Å². The Morgan fingerprint density at radius 1 is 1.33 bits per heavy atom. The van der Waals surface area contributed by atoms with Gasteiger partial charge in [-0.15, -0.1) is 11.3 Å². The van der Waals surface area contributed by atoms with Gasteiger partial charge in [0.05, 0.1) is 0 Å². The van der Waals surface area contributed by atoms with Crippen molar-refractivity contribution in [2.45, 2.75) is 10.8 Å². The van der Waals surface area contributed by atoms with Crippen LogP contribution < -0.4 is 5.32 Å². The van der Waals surface area contributed by atoms with Gasteiger partial charge in [-0.25, -0.2) is 4.98 Å². The molecule has 18 heavy (non-hydrogen) atoms. The van der Waals surface area contributed by atoms with Gasteiger partial charge in [0.15, 0.2) is 0 Å². The second kappa shape index (κ2) is 7.13. The molecule has 2 aromatic rings. The van der Waals surface area contributed by atoms with Gasteiger partial charge < -0.3 is 5.32 Å². The number of amides is 1. The molecule has 0 aliphatic rings. The standard InChI is InChI=1S/C12H13N3OS2/c16-11(10-2-5-13-6-3-10)14-4-1-8-17-12-15-7-9-18-12/h2-3,5-7,9H,1,4,8H2,(H,14,16). The molecule has 0 unspecified atom stereocenters. The van der Waals surface area contributed by atoms with Crippen LogP contribution in [0, 0.1) is 0 Å². The van der Waals surface area contributed by atoms with Crippen LogP contribution in [0.1, 0.15) is 16.8 Å². The van der Waals surface area contributed by atoms with Crippen LogP contribution in [0.15, 0.2) is 40.4 Å². The molecular formula is C12H13N3OS2. The first-order valence-electron chi connectivity index (χ1n) is 5.57. The zero-order valence-electron chi connectivity index (χ0n) is 9.70. The van der Waals surface area contributed by atoms with Gasteiger partial charge in [-0.05, 0) is 18.6 Å². The average molecular weight is 279 g/mol. The van der Waals surface area contributed by atoms with E-state index in [9.17, 15) is 4.79 Å². The van der Waals surface area contributed by atoms with Crippen molar-refractivity contribution >= 4 is 29.0 Å². The van der Waals surface area contributed by atoms with Gasteiger partial charge in [0.25, 0.3) is 5.91 Å². The van der Waals surface area contributed by atoms with E-state index in [-0.39, 0.29) is 5.91 Å². The first-order chi connectivity index (χ1) is 8.86. The number of pyridine rings is 1. The number of hydrogen-bond acceptors (Lipinski definition) is 5. The Morgan fingerprint density at radius 2 is 2.17 bits per heavy atom. The molecule has 6 heteroatoms. The Kier molecular flexibility index (Phi) is 5.16. The van der Waals surface area contributed by atoms with Crippen molar-refractivity contribution in [3.63, 3.8) is 0 Å². The van der Waals surface area contributed by atoms with Crippen LogP contribution in [0.4, 0.5) is 0 Å². The normalized spacial score (nSPS) is 10.2. The average Bonchev–Trinajstić information content (AvgIpc) is 2.92. The highest BCUT2D eigenvalue weighted by molar-refractivity contribution is 8.00. The molecule has 0 aliphatic heterocycles. The summed E-state index contributed by atoms with van der Waals surface area (Å²) in [5.41, 5.74) is 0.651. The molecule has 0 aromatic carbocycles. The van der Waals surface area contributed by atoms with E-state index < -0.39 is 0 Å². The molecule has 94 valence electrons. The van der Waals surface area contributed by atoms with E-state index in [1.807, 2.05) is 5.38 Å². The van der Waals surface area contributed by atoms with Crippen molar-refractivity contribution in [1.29, 1.82) is 0 Å². The van der Waals surface area contributed by atoms with Crippen molar-refractivity contribution < 1.29 is 4.79 Å². The van der Waals surface area contributed by atoms with Crippen LogP contribution in [0.25, 0.3) is 0 Å². The van der Waals surface area contributed by atoms with Gasteiger partial charge in [0, 0.05) is 41.8 Å². The number of carbonyl (C=O) groups is 1. The van der Waals surface area contributed by atoms with Gasteiger partial charge in [-0.2, -0.15) is 0 Å². The molecule has 0 saturated carbocycles. The van der Waals surface area contributed by atoms with Gasteiger partial charge in [0.1, 0.15) is 4.34 Å². The molecular weight excluding hydrogens is 266 g/mol. The summed E-state index contributed by atoms with van der Waals surface area (Å²) < 4.78 is 1.08. The lowest BCUT2D eigenvalue weighted by atomic mass is 10.2. The largest absolute Gasteiger partial charge is 0.352 e. The third kappa shape index (κ3) is 4.12. The molecule has 0 atom stereocenters. The maximum Gasteiger partial charge on any atom is 0.251 e. The number of rotatable bonds is 6. The molecule has 0 aliphatic carbocycles. The smallest absolute Gasteiger partial charge is 0.251 e. The van der Waals surface area contributed by atoms with Gasteiger partial charge in [-0.3, -0.25) is 9.78 Å². The maximum absolute atomic E-state index is 11.7. The first-order valence-corrected chi connectivity index (χ1v) is 7.43. The minimum atomic E-state index is -0.0448. The summed E-state index contributed by atoms with van der Waals surface area (Å²) in [7, 11) is 0. The number of hydrogen-bond donors (Lipinski definition) is 1. The summed E-state index contributed by atoms with van der Waals surface area (Å²) in [5.74, 6) is 0.918. The lowest BCUT2D eigenvalue weighted by Gasteiger charge is -2.04. The number of thiazole rings is 1. The fraction of sp³-hybridized carbons (Fsp3) is 0.250. The molecule has 0 bridgehead atoms. The van der Waals surface area contributed by atoms with Crippen molar-refractivity contribution in [3.8, 4) is 0 Å². The van der Waals surface area contributed by atoms with Gasteiger partial charge in [-0.1, -0.05) is 11.8 Å². The Balaban J connectivity index is 1.62. The van der Waals surface area contributed by atoms with Gasteiger partial charge >= 0.3 is 0 Å². The minimum Gasteiger partial charge on any atom is -0.352 e. The quantitative estimate of drug-likeness (QED) is 0.652. The van der Waals surface area contributed by atoms with E-state index in [2.05, 4.69) is 15.3 Å². The first kappa shape index (κ1) is 13.0. The second-order valence-corrected chi connectivity index (χ2v) is 5.73. The summed E-state index contributed by atoms with van der Waals surface area (Å²) in [6.45, 7) is 0.680. The van der Waals surface area contributed by atoms with Crippen molar-refractivity contribution in [1.82, 2.24) is 15.3 Å². The summed E-state index contributed by atoms with van der Waals surface area (Å²) in [4.78, 5) is 19.7. The number of nitrogens with one attached hydrogen (secondary N) is 1. The van der Waals surface area contributed by atoms with Crippen LogP contribution in [-0.2, 0) is 0 Å². The maximum atomic E-state index is 11.7. The van der Waals surface area contributed by atoms with Crippen LogP contribution in [0.2, 0.25) is 0 Å². The fourth-order valence-corrected chi connectivity index (χ4v) is 2.97. The van der Waals surface area contributed by atoms with Crippen LogP contribution in [0.5, 0.6) is 0 Å². The predicted molar refractivity (Wildman–Crippen MR) is 74.0 cm³/mol. The number of nitrogens with zero attached hydrogens (tertiary/aromatic N) is 2. The molecule has 2 heterocycles. The summed E-state index contributed by atoms with van der Waals surface area (Å²) in [6.07, 6.45) is 5.97. The lowest BCUT2D eigenvalue weighted by Crippen LogP contribution is -2.24. The molecule has 2 rings (SSSR count). The third-order valence-electron chi connectivity index (χ3n) is 2.18. The number of aromatic nitrogens is 2. The molecule has 0 saturated heterocycles. The van der Waals surface area contributed by atoms with E-state index >= 15 is 0 Å². The summed E-state index contributed by atoms with van der Waals surface area (Å²) in [5, 5.41) is 4.85. The fourth-order valence-electron chi connectivity index (χ4n) is 1.32. The third-order valence-corrected chi connectivity index (χ3v) is 4.24. The van der Waals surface area contributed by atoms with E-state index in [0.29, 0.717) is 12.1 Å². The highest BCUT2D eigenvalue weighted by atomic mass is 32.2. The van der Waals surface area contributed by atoms with Crippen LogP contribution >= 0.6 is 23.1 Å². The van der Waals surface area contributed by atoms with E-state index in [0.717, 1.165) is 16.5 Å². The van der Waals surface area contributed by atoms with Crippen molar-refractivity contribution in [3.05, 3.63) is 41.7 Å². The van der Waals surface area contributed by atoms with Crippen LogP contribution in [0.3, 0.4) is 0 Å². The van der Waals surface area contributed by atoms with E-state index in [1.54, 1.807) is 53.8 Å². The number of thioether (sulfide) groups is 1. The molecule has 4 nitrogen and oxygen atoms in total. The molecule has 0 spiro atoms. The molecule has 2 aromatic heterocycles. The number of carbonyl (C=O) groups excluding carboxylic acids is 1. The Morgan fingerprint density at radius 3 is 2.89 bits per heavy atom. The SMILES string of the molecule is O=C(NCCCSc1nccs1)c1ccncc1. The lowest BCUT2D eigenvalue weighted by molar-refractivity contribution is 0.0953. The second-order valence-electron chi connectivity index (χ2n) is 3.49. The molecule has 1 amide bonds. The van der Waals surface area contributed by atoms with E-state index in [4.69, 9.17) is 0 Å². The molecule has 1 N–H and O–H groups in total. The predicted octanol–water partition coefficient (Wildman–Crippen LogP) is 2.45. The zero-order valence-corrected chi connectivity index (χ0v) is 11.3. The summed E-state index contributed by atoms with van der Waals surface area (Å²) >= 11 is 3.36. The monoisotopic (exact) mass is 279 g/mol. The summed E-state index contributed by atoms with van der Waals surface area (Å²) in [6, 6.07) is 3.42. The van der Waals surface area contributed by atoms with Crippen molar-refractivity contribution in [2.24, 2.45) is 0 Å². The van der Waals surface area contributed by atoms with Crippen LogP contribution in [-0.4, -0.2) is 28.2 Å². The topological polar surface area (TPSA) is 54.9 Å². The van der Waals surface area contributed by atoms with Gasteiger partial charge in [0.2, 0.25) is 0 Å². The Labute approximate surface area is 114 Å². The Bertz CT molecular complexity index is 473. The highest BCUT2D eigenvalue weighted by Gasteiger charge is 2.03. The molecule has 0 radical (unpaired) electrons. The highest BCUT2D eigenvalue weighted by Crippen LogP contribution is 2.20.